The Labute approximate surface area is 251 Å². The van der Waals surface area contributed by atoms with E-state index < -0.39 is 16.1 Å². The zero-order valence-corrected chi connectivity index (χ0v) is 27.9. The Morgan fingerprint density at radius 3 is 1.21 bits per heavy atom. The highest BCUT2D eigenvalue weighted by Gasteiger charge is 2.32. The summed E-state index contributed by atoms with van der Waals surface area (Å²) in [6, 6.07) is 18.3. The standard InChI is InChI=1S/C40H38Si2/c1-41(2,3)23-21-29-25-13-7-9-15-27(25)35-31-17-12-20-34-38-30(22-24-42(4,5)6)26-14-8-10-16-28(26)36(38)32-18-11-19-33(37(29)35)39(32)40(31)34/h7-10,13-16H,11-12,17-20H2,1-6H3. The molecule has 0 nitrogen and oxygen atoms in total. The maximum atomic E-state index is 3.82. The second kappa shape index (κ2) is 8.97. The van der Waals surface area contributed by atoms with Crippen LogP contribution in [0.4, 0.5) is 0 Å². The lowest BCUT2D eigenvalue weighted by molar-refractivity contribution is 0.777. The van der Waals surface area contributed by atoms with Crippen molar-refractivity contribution in [2.24, 2.45) is 0 Å². The molecule has 0 atom stereocenters. The molecular formula is C40H38Si2. The van der Waals surface area contributed by atoms with Gasteiger partial charge in [0.15, 0.2) is 0 Å². The summed E-state index contributed by atoms with van der Waals surface area (Å²) in [5.41, 5.74) is 19.4. The quantitative estimate of drug-likeness (QED) is 0.154. The molecule has 4 aliphatic carbocycles. The molecule has 0 saturated heterocycles. The van der Waals surface area contributed by atoms with Gasteiger partial charge in [0, 0.05) is 22.3 Å². The van der Waals surface area contributed by atoms with Crippen molar-refractivity contribution < 1.29 is 0 Å². The maximum Gasteiger partial charge on any atom is 0.129 e. The van der Waals surface area contributed by atoms with Crippen molar-refractivity contribution in [2.75, 3.05) is 0 Å². The van der Waals surface area contributed by atoms with Gasteiger partial charge in [0.1, 0.15) is 16.1 Å². The Bertz CT molecular complexity index is 2200. The van der Waals surface area contributed by atoms with E-state index in [1.54, 1.807) is 33.0 Å². The summed E-state index contributed by atoms with van der Waals surface area (Å²) in [5, 5.41) is 11.7. The zero-order chi connectivity index (χ0) is 29.0. The lowest BCUT2D eigenvalue weighted by Gasteiger charge is -2.29. The van der Waals surface area contributed by atoms with Gasteiger partial charge in [-0.3, -0.25) is 0 Å². The van der Waals surface area contributed by atoms with Gasteiger partial charge in [0.25, 0.3) is 0 Å². The van der Waals surface area contributed by atoms with Crippen LogP contribution in [-0.4, -0.2) is 16.1 Å². The Morgan fingerprint density at radius 2 is 0.833 bits per heavy atom. The second-order valence-corrected chi connectivity index (χ2v) is 24.2. The molecule has 0 fully saturated rings. The fourth-order valence-corrected chi connectivity index (χ4v) is 8.97. The lowest BCUT2D eigenvalue weighted by Crippen LogP contribution is -2.18. The molecule has 8 rings (SSSR count). The van der Waals surface area contributed by atoms with E-state index in [4.69, 9.17) is 0 Å². The zero-order valence-electron chi connectivity index (χ0n) is 25.9. The normalized spacial score (nSPS) is 15.8. The number of hydrogen-bond donors (Lipinski definition) is 0. The van der Waals surface area contributed by atoms with Crippen LogP contribution in [0.3, 0.4) is 0 Å². The van der Waals surface area contributed by atoms with Gasteiger partial charge in [-0.05, 0) is 103 Å². The molecule has 0 aliphatic heterocycles. The van der Waals surface area contributed by atoms with Gasteiger partial charge < -0.3 is 0 Å². The second-order valence-electron chi connectivity index (χ2n) is 14.7. The maximum absolute atomic E-state index is 3.82. The number of rotatable bonds is 0. The smallest absolute Gasteiger partial charge is 0.127 e. The van der Waals surface area contributed by atoms with Gasteiger partial charge in [-0.2, -0.15) is 0 Å². The van der Waals surface area contributed by atoms with Crippen LogP contribution >= 0.6 is 0 Å². The molecule has 4 aromatic carbocycles. The molecule has 0 aromatic heterocycles. The van der Waals surface area contributed by atoms with E-state index in [1.165, 1.54) is 66.4 Å². The summed E-state index contributed by atoms with van der Waals surface area (Å²) < 4.78 is 0. The van der Waals surface area contributed by atoms with Crippen LogP contribution in [-0.2, 0) is 25.7 Å². The molecule has 0 N–H and O–H groups in total. The highest BCUT2D eigenvalue weighted by molar-refractivity contribution is 6.84. The summed E-state index contributed by atoms with van der Waals surface area (Å²) >= 11 is 0. The molecule has 0 heterocycles. The number of aryl methyl sites for hydroxylation is 4. The molecule has 0 bridgehead atoms. The topological polar surface area (TPSA) is 0 Å². The van der Waals surface area contributed by atoms with E-state index in [9.17, 15) is 0 Å². The van der Waals surface area contributed by atoms with Crippen molar-refractivity contribution in [3.63, 3.8) is 0 Å². The van der Waals surface area contributed by atoms with Crippen LogP contribution in [0.5, 0.6) is 0 Å². The van der Waals surface area contributed by atoms with Crippen LogP contribution in [0.25, 0.3) is 21.9 Å². The van der Waals surface area contributed by atoms with Crippen LogP contribution in [0, 0.1) is 43.8 Å². The van der Waals surface area contributed by atoms with Gasteiger partial charge in [-0.1, -0.05) is 99.7 Å². The van der Waals surface area contributed by atoms with Crippen molar-refractivity contribution in [1.29, 1.82) is 0 Å². The molecule has 0 radical (unpaired) electrons. The van der Waals surface area contributed by atoms with Gasteiger partial charge >= 0.3 is 0 Å². The first-order chi connectivity index (χ1) is 20.1. The molecule has 4 aliphatic rings. The largest absolute Gasteiger partial charge is 0.129 e. The summed E-state index contributed by atoms with van der Waals surface area (Å²) in [6.45, 7) is 14.2. The third-order valence-corrected chi connectivity index (χ3v) is 11.2. The Balaban J connectivity index is 1.62. The third kappa shape index (κ3) is 3.75. The van der Waals surface area contributed by atoms with Crippen LogP contribution in [0.15, 0.2) is 48.5 Å². The first kappa shape index (κ1) is 26.1. The third-order valence-electron chi connectivity index (χ3n) is 9.43. The Morgan fingerprint density at radius 1 is 0.476 bits per heavy atom. The van der Waals surface area contributed by atoms with Gasteiger partial charge in [0.05, 0.1) is 0 Å². The van der Waals surface area contributed by atoms with E-state index in [2.05, 4.69) is 111 Å². The van der Waals surface area contributed by atoms with Crippen molar-refractivity contribution in [3.05, 3.63) is 113 Å². The lowest BCUT2D eigenvalue weighted by atomic mass is 9.74. The number of fused-ring (bicyclic) bond motifs is 8. The molecule has 0 spiro atoms. The SMILES string of the molecule is C[Si](C)(C)C#CC1=c2ccccc2=c2c1c1c3c(c4c(c5c3c2CCC5)C(C#C[Si](C)(C)C)=c2ccccc2=4)CCC1. The first-order valence-electron chi connectivity index (χ1n) is 15.8. The predicted octanol–water partition coefficient (Wildman–Crippen LogP) is 7.18. The molecule has 0 saturated carbocycles. The van der Waals surface area contributed by atoms with Crippen molar-refractivity contribution in [2.45, 2.75) is 77.8 Å². The summed E-state index contributed by atoms with van der Waals surface area (Å²) in [7, 11) is -3.09. The molecule has 0 amide bonds. The Kier molecular flexibility index (Phi) is 5.57. The Hall–Kier alpha value is -3.57. The highest BCUT2D eigenvalue weighted by Crippen LogP contribution is 2.46. The highest BCUT2D eigenvalue weighted by atomic mass is 28.3. The van der Waals surface area contributed by atoms with Crippen LogP contribution in [0.2, 0.25) is 39.3 Å². The average Bonchev–Trinajstić information content (AvgIpc) is 3.47. The van der Waals surface area contributed by atoms with Gasteiger partial charge in [-0.25, -0.2) is 0 Å². The molecular weight excluding hydrogens is 537 g/mol. The fourth-order valence-electron chi connectivity index (χ4n) is 7.97. The van der Waals surface area contributed by atoms with Gasteiger partial charge in [-0.15, -0.1) is 11.1 Å². The van der Waals surface area contributed by atoms with Crippen molar-refractivity contribution >= 4 is 38.1 Å². The van der Waals surface area contributed by atoms with Crippen LogP contribution < -0.4 is 10.4 Å². The first-order valence-corrected chi connectivity index (χ1v) is 22.8. The molecule has 2 heteroatoms. The minimum atomic E-state index is -1.54. The summed E-state index contributed by atoms with van der Waals surface area (Å²) in [5.74, 6) is 7.63. The number of benzene rings is 4. The summed E-state index contributed by atoms with van der Waals surface area (Å²) in [6.07, 6.45) is 6.98. The molecule has 206 valence electrons. The minimum absolute atomic E-state index is 1.14. The predicted molar refractivity (Wildman–Crippen MR) is 183 cm³/mol. The fraction of sp³-hybridized carbons (Fsp3) is 0.300. The number of hydrogen-bond acceptors (Lipinski definition) is 0. The van der Waals surface area contributed by atoms with Crippen molar-refractivity contribution in [3.8, 4) is 22.9 Å². The van der Waals surface area contributed by atoms with E-state index in [0.717, 1.165) is 25.7 Å². The average molecular weight is 575 g/mol. The van der Waals surface area contributed by atoms with E-state index in [1.807, 2.05) is 0 Å². The monoisotopic (exact) mass is 574 g/mol. The minimum Gasteiger partial charge on any atom is -0.127 e. The van der Waals surface area contributed by atoms with E-state index in [0.29, 0.717) is 0 Å². The molecule has 0 unspecified atom stereocenters. The molecule has 42 heavy (non-hydrogen) atoms. The molecule has 4 aromatic rings. The summed E-state index contributed by atoms with van der Waals surface area (Å²) in [4.78, 5) is 0. The van der Waals surface area contributed by atoms with Crippen molar-refractivity contribution in [1.82, 2.24) is 0 Å². The van der Waals surface area contributed by atoms with Gasteiger partial charge in [0.2, 0.25) is 0 Å². The van der Waals surface area contributed by atoms with Crippen LogP contribution in [0.1, 0.15) is 46.2 Å². The van der Waals surface area contributed by atoms with E-state index in [-0.39, 0.29) is 0 Å². The van der Waals surface area contributed by atoms with E-state index >= 15 is 0 Å².